The van der Waals surface area contributed by atoms with Crippen molar-refractivity contribution >= 4 is 35.1 Å². The maximum absolute atomic E-state index is 14.8. The van der Waals surface area contributed by atoms with Crippen LogP contribution in [0.5, 0.6) is 0 Å². The van der Waals surface area contributed by atoms with Gasteiger partial charge in [0.2, 0.25) is 12.2 Å². The number of aromatic nitrogens is 1. The van der Waals surface area contributed by atoms with Crippen molar-refractivity contribution in [1.82, 2.24) is 25.0 Å². The molecule has 5 rings (SSSR count). The number of aliphatic carboxylic acids is 1. The van der Waals surface area contributed by atoms with Crippen LogP contribution in [0, 0.1) is 29.6 Å². The molecule has 2 saturated heterocycles. The van der Waals surface area contributed by atoms with Crippen LogP contribution < -0.4 is 5.32 Å². The zero-order valence-corrected chi connectivity index (χ0v) is 25.9. The number of nitrogens with one attached hydrogen (secondary N) is 1. The van der Waals surface area contributed by atoms with Crippen molar-refractivity contribution in [3.63, 3.8) is 0 Å². The smallest absolute Gasteiger partial charge is 0.338 e. The minimum absolute atomic E-state index is 0.0518. The quantitative estimate of drug-likeness (QED) is 0.316. The van der Waals surface area contributed by atoms with Crippen molar-refractivity contribution in [2.75, 3.05) is 45.9 Å². The summed E-state index contributed by atoms with van der Waals surface area (Å²) in [6.45, 7) is 9.64. The Kier molecular flexibility index (Phi) is 8.98. The van der Waals surface area contributed by atoms with E-state index >= 15 is 0 Å². The van der Waals surface area contributed by atoms with Gasteiger partial charge in [-0.05, 0) is 44.9 Å². The molecule has 14 heteroatoms. The molecule has 2 N–H and O–H groups in total. The van der Waals surface area contributed by atoms with Crippen LogP contribution in [0.2, 0.25) is 0 Å². The molecule has 2 fully saturated rings. The van der Waals surface area contributed by atoms with Crippen LogP contribution in [-0.4, -0.2) is 100 Å². The average Bonchev–Trinajstić information content (AvgIpc) is 3.63. The lowest BCUT2D eigenvalue weighted by Crippen LogP contribution is -2.53. The van der Waals surface area contributed by atoms with Crippen LogP contribution >= 0.6 is 11.3 Å². The van der Waals surface area contributed by atoms with Gasteiger partial charge in [0, 0.05) is 56.5 Å². The van der Waals surface area contributed by atoms with Gasteiger partial charge in [-0.3, -0.25) is 14.7 Å². The number of nitrogens with zero attached hydrogens (tertiary/aromatic N) is 7. The monoisotopic (exact) mass is 622 g/mol. The summed E-state index contributed by atoms with van der Waals surface area (Å²) in [5.41, 5.74) is 0.836. The maximum Gasteiger partial charge on any atom is 0.338 e. The number of aliphatic imine (C=N–C) groups is 2. The molecule has 1 aromatic heterocycles. The molecule has 2 aromatic rings. The van der Waals surface area contributed by atoms with Gasteiger partial charge in [0.1, 0.15) is 11.9 Å². The normalized spacial score (nSPS) is 21.5. The van der Waals surface area contributed by atoms with Crippen molar-refractivity contribution < 1.29 is 23.8 Å². The lowest BCUT2D eigenvalue weighted by atomic mass is 9.92. The number of amidine groups is 1. The zero-order valence-electron chi connectivity index (χ0n) is 25.1. The van der Waals surface area contributed by atoms with E-state index < -0.39 is 23.4 Å². The fourth-order valence-corrected chi connectivity index (χ4v) is 6.44. The van der Waals surface area contributed by atoms with Crippen LogP contribution in [0.4, 0.5) is 4.39 Å². The van der Waals surface area contributed by atoms with Gasteiger partial charge in [0.25, 0.3) is 0 Å². The number of guanidine groups is 1. The zero-order chi connectivity index (χ0) is 31.6. The Bertz CT molecular complexity index is 1560. The number of carbonyl (C=O) groups excluding carboxylic acids is 1. The molecule has 232 valence electrons. The maximum atomic E-state index is 14.8. The number of carboxylic acids is 1. The lowest BCUT2D eigenvalue weighted by Gasteiger charge is -2.38. The molecule has 2 atom stereocenters. The van der Waals surface area contributed by atoms with E-state index in [9.17, 15) is 24.3 Å². The highest BCUT2D eigenvalue weighted by molar-refractivity contribution is 7.11. The topological polar surface area (TPSA) is 147 Å². The average molecular weight is 623 g/mol. The third-order valence-corrected chi connectivity index (χ3v) is 8.87. The highest BCUT2D eigenvalue weighted by Gasteiger charge is 2.43. The predicted molar refractivity (Wildman–Crippen MR) is 162 cm³/mol. The molecule has 0 spiro atoms. The van der Waals surface area contributed by atoms with Crippen LogP contribution in [-0.2, 0) is 14.3 Å². The van der Waals surface area contributed by atoms with Gasteiger partial charge in [-0.1, -0.05) is 12.1 Å². The van der Waals surface area contributed by atoms with E-state index in [4.69, 9.17) is 9.73 Å². The number of benzene rings is 1. The van der Waals surface area contributed by atoms with E-state index in [-0.39, 0.29) is 25.0 Å². The second-order valence-corrected chi connectivity index (χ2v) is 12.5. The first-order valence-electron chi connectivity index (χ1n) is 14.4. The minimum Gasteiger partial charge on any atom is -0.481 e. The van der Waals surface area contributed by atoms with E-state index in [1.54, 1.807) is 46.0 Å². The van der Waals surface area contributed by atoms with Gasteiger partial charge in [-0.2, -0.15) is 5.26 Å². The summed E-state index contributed by atoms with van der Waals surface area (Å²) < 4.78 is 20.3. The molecule has 0 bridgehead atoms. The number of rotatable bonds is 9. The largest absolute Gasteiger partial charge is 0.481 e. The highest BCUT2D eigenvalue weighted by atomic mass is 32.1. The number of piperazine rings is 1. The SMILES string of the molecule is CCOC(=O)C1=C(CN2CCN3C(=NC#N)N(CC(C)(C)C(=O)O)CC3C2)NC(c2nccs2)=N[C@H]1c1cccc(F)c1C. The number of hydrogen-bond donors (Lipinski definition) is 2. The summed E-state index contributed by atoms with van der Waals surface area (Å²) in [5.74, 6) is -0.881. The van der Waals surface area contributed by atoms with E-state index in [0.717, 1.165) is 0 Å². The Hall–Kier alpha value is -4.35. The number of thiazole rings is 1. The molecule has 44 heavy (non-hydrogen) atoms. The first-order chi connectivity index (χ1) is 21.0. The van der Waals surface area contributed by atoms with Crippen molar-refractivity contribution in [1.29, 1.82) is 5.26 Å². The first kappa shape index (κ1) is 31.1. The second kappa shape index (κ2) is 12.7. The Balaban J connectivity index is 1.47. The van der Waals surface area contributed by atoms with Crippen LogP contribution in [0.15, 0.2) is 51.0 Å². The van der Waals surface area contributed by atoms with Gasteiger partial charge < -0.3 is 25.0 Å². The first-order valence-corrected chi connectivity index (χ1v) is 15.3. The minimum atomic E-state index is -1.04. The third-order valence-electron chi connectivity index (χ3n) is 8.10. The van der Waals surface area contributed by atoms with Crippen molar-refractivity contribution in [2.45, 2.75) is 39.8 Å². The fourth-order valence-electron chi connectivity index (χ4n) is 5.85. The Morgan fingerprint density at radius 2 is 2.11 bits per heavy atom. The number of carbonyl (C=O) groups is 2. The molecule has 12 nitrogen and oxygen atoms in total. The summed E-state index contributed by atoms with van der Waals surface area (Å²) in [5, 5.41) is 24.9. The standard InChI is InChI=1S/C30H35FN8O4S/c1-5-43-27(40)23-22(35-25(26-33-9-12-44-26)36-24(23)20-7-6-8-21(31)18(20)2)15-37-10-11-39-19(13-37)14-38(29(39)34-17-32)16-30(3,4)28(41)42/h6-9,12,19,24H,5,10-11,13-16H2,1-4H3,(H,35,36)(H,41,42)/t19?,24-/m0/s1. The lowest BCUT2D eigenvalue weighted by molar-refractivity contribution is -0.147. The number of esters is 1. The molecule has 0 amide bonds. The number of fused-ring (bicyclic) bond motifs is 1. The summed E-state index contributed by atoms with van der Waals surface area (Å²) in [6, 6.07) is 3.90. The summed E-state index contributed by atoms with van der Waals surface area (Å²) in [4.78, 5) is 44.8. The second-order valence-electron chi connectivity index (χ2n) is 11.6. The van der Waals surface area contributed by atoms with Crippen molar-refractivity contribution in [3.8, 4) is 6.19 Å². The summed E-state index contributed by atoms with van der Waals surface area (Å²) in [6.07, 6.45) is 3.55. The summed E-state index contributed by atoms with van der Waals surface area (Å²) >= 11 is 1.40. The number of hydrogen-bond acceptors (Lipinski definition) is 10. The van der Waals surface area contributed by atoms with E-state index in [2.05, 4.69) is 20.2 Å². The van der Waals surface area contributed by atoms with E-state index in [0.29, 0.717) is 71.9 Å². The molecule has 4 heterocycles. The fraction of sp³-hybridized carbons (Fsp3) is 0.467. The van der Waals surface area contributed by atoms with Crippen molar-refractivity contribution in [2.24, 2.45) is 15.4 Å². The molecule has 0 radical (unpaired) electrons. The number of halogens is 1. The van der Waals surface area contributed by atoms with Gasteiger partial charge in [0.15, 0.2) is 10.8 Å². The Morgan fingerprint density at radius 3 is 2.80 bits per heavy atom. The predicted octanol–water partition coefficient (Wildman–Crippen LogP) is 2.75. The summed E-state index contributed by atoms with van der Waals surface area (Å²) in [7, 11) is 0. The Labute approximate surface area is 259 Å². The van der Waals surface area contributed by atoms with Crippen LogP contribution in [0.1, 0.15) is 42.9 Å². The molecule has 1 aromatic carbocycles. The molecular weight excluding hydrogens is 587 g/mol. The molecule has 1 unspecified atom stereocenters. The molecule has 0 saturated carbocycles. The Morgan fingerprint density at radius 1 is 1.32 bits per heavy atom. The third kappa shape index (κ3) is 6.15. The molecule has 3 aliphatic rings. The van der Waals surface area contributed by atoms with Crippen molar-refractivity contribution in [3.05, 3.63) is 63.0 Å². The molecule has 0 aliphatic carbocycles. The van der Waals surface area contributed by atoms with E-state index in [1.165, 1.54) is 17.4 Å². The number of carboxylic acid groups (broad SMARTS) is 1. The number of ether oxygens (including phenoxy) is 1. The number of nitriles is 1. The van der Waals surface area contributed by atoms with Crippen LogP contribution in [0.3, 0.4) is 0 Å². The van der Waals surface area contributed by atoms with Gasteiger partial charge in [-0.15, -0.1) is 16.3 Å². The van der Waals surface area contributed by atoms with Crippen LogP contribution in [0.25, 0.3) is 0 Å². The van der Waals surface area contributed by atoms with Gasteiger partial charge in [-0.25, -0.2) is 14.2 Å². The highest BCUT2D eigenvalue weighted by Crippen LogP contribution is 2.36. The van der Waals surface area contributed by atoms with E-state index in [1.807, 2.05) is 21.4 Å². The van der Waals surface area contributed by atoms with Gasteiger partial charge in [0.05, 0.1) is 23.6 Å². The molecule has 3 aliphatic heterocycles. The molecular formula is C30H35FN8O4S. The van der Waals surface area contributed by atoms with Gasteiger partial charge >= 0.3 is 11.9 Å².